The fourth-order valence-electron chi connectivity index (χ4n) is 3.24. The molecule has 1 amide bonds. The highest BCUT2D eigenvalue weighted by molar-refractivity contribution is 7.91. The molecule has 1 unspecified atom stereocenters. The van der Waals surface area contributed by atoms with E-state index >= 15 is 0 Å². The average molecular weight is 408 g/mol. The van der Waals surface area contributed by atoms with Crippen LogP contribution in [0, 0.1) is 0 Å². The van der Waals surface area contributed by atoms with Gasteiger partial charge in [0, 0.05) is 25.5 Å². The highest BCUT2D eigenvalue weighted by Crippen LogP contribution is 2.25. The first-order valence-corrected chi connectivity index (χ1v) is 11.8. The van der Waals surface area contributed by atoms with E-state index in [4.69, 9.17) is 0 Å². The first kappa shape index (κ1) is 20.0. The number of rotatable bonds is 6. The van der Waals surface area contributed by atoms with E-state index in [1.54, 1.807) is 23.3 Å². The van der Waals surface area contributed by atoms with Crippen molar-refractivity contribution >= 4 is 27.1 Å². The lowest BCUT2D eigenvalue weighted by molar-refractivity contribution is -0.136. The van der Waals surface area contributed by atoms with E-state index in [0.717, 1.165) is 22.7 Å². The number of likely N-dealkylation sites (N-methyl/N-ethyl adjacent to an activating group) is 1. The molecule has 1 atom stereocenters. The normalized spacial score (nSPS) is 18.1. The molecule has 1 aliphatic rings. The van der Waals surface area contributed by atoms with Crippen LogP contribution in [0.4, 0.5) is 0 Å². The summed E-state index contributed by atoms with van der Waals surface area (Å²) in [5.41, 5.74) is 1.78. The zero-order valence-electron chi connectivity index (χ0n) is 15.7. The molecule has 27 heavy (non-hydrogen) atoms. The fraction of sp³-hybridized carbons (Fsp3) is 0.474. The van der Waals surface area contributed by atoms with Crippen molar-refractivity contribution in [2.45, 2.75) is 25.9 Å². The van der Waals surface area contributed by atoms with Crippen molar-refractivity contribution in [1.29, 1.82) is 0 Å². The Balaban J connectivity index is 1.80. The van der Waals surface area contributed by atoms with Gasteiger partial charge in [-0.1, -0.05) is 37.3 Å². The molecule has 1 aromatic carbocycles. The molecule has 0 N–H and O–H groups in total. The summed E-state index contributed by atoms with van der Waals surface area (Å²) in [5.74, 6) is 0.157. The average Bonchev–Trinajstić information content (AvgIpc) is 3.11. The Hall–Kier alpha value is -1.77. The van der Waals surface area contributed by atoms with Crippen LogP contribution in [0.15, 0.2) is 35.7 Å². The molecule has 3 rings (SSSR count). The monoisotopic (exact) mass is 407 g/mol. The van der Waals surface area contributed by atoms with Gasteiger partial charge in [-0.3, -0.25) is 9.69 Å². The largest absolute Gasteiger partial charge is 0.338 e. The molecule has 6 nitrogen and oxygen atoms in total. The fourth-order valence-corrected chi connectivity index (χ4v) is 5.21. The number of nitrogens with zero attached hydrogens (tertiary/aromatic N) is 3. The molecule has 1 aromatic heterocycles. The van der Waals surface area contributed by atoms with Gasteiger partial charge in [0.1, 0.15) is 6.04 Å². The van der Waals surface area contributed by atoms with Crippen molar-refractivity contribution in [3.63, 3.8) is 0 Å². The van der Waals surface area contributed by atoms with Gasteiger partial charge >= 0.3 is 0 Å². The van der Waals surface area contributed by atoms with Crippen molar-refractivity contribution in [2.75, 3.05) is 31.6 Å². The van der Waals surface area contributed by atoms with Crippen LogP contribution in [0.25, 0.3) is 0 Å². The zero-order valence-corrected chi connectivity index (χ0v) is 17.3. The van der Waals surface area contributed by atoms with Crippen LogP contribution >= 0.6 is 11.3 Å². The summed E-state index contributed by atoms with van der Waals surface area (Å²) in [4.78, 5) is 21.5. The quantitative estimate of drug-likeness (QED) is 0.734. The maximum absolute atomic E-state index is 13.3. The summed E-state index contributed by atoms with van der Waals surface area (Å²) < 4.78 is 23.6. The van der Waals surface area contributed by atoms with E-state index in [9.17, 15) is 13.2 Å². The van der Waals surface area contributed by atoms with E-state index in [2.05, 4.69) is 11.9 Å². The lowest BCUT2D eigenvalue weighted by Gasteiger charge is -2.35. The van der Waals surface area contributed by atoms with E-state index in [1.807, 2.05) is 40.6 Å². The van der Waals surface area contributed by atoms with Gasteiger partial charge in [-0.2, -0.15) is 0 Å². The van der Waals surface area contributed by atoms with Crippen molar-refractivity contribution < 1.29 is 13.2 Å². The van der Waals surface area contributed by atoms with Crippen molar-refractivity contribution in [2.24, 2.45) is 0 Å². The molecular weight excluding hydrogens is 382 g/mol. The third-order valence-electron chi connectivity index (χ3n) is 4.77. The Morgan fingerprint density at radius 3 is 2.52 bits per heavy atom. The molecule has 8 heteroatoms. The van der Waals surface area contributed by atoms with Crippen LogP contribution in [0.2, 0.25) is 0 Å². The number of thiazole rings is 1. The molecule has 1 fully saturated rings. The number of amides is 1. The Bertz CT molecular complexity index is 867. The van der Waals surface area contributed by atoms with Gasteiger partial charge in [0.15, 0.2) is 9.84 Å². The molecular formula is C19H25N3O3S2. The molecule has 0 radical (unpaired) electrons. The Morgan fingerprint density at radius 2 is 1.93 bits per heavy atom. The smallest absolute Gasteiger partial charge is 0.244 e. The molecule has 2 heterocycles. The standard InChI is InChI=1S/C19H25N3O3S2/c1-3-17-20-16(14-26-17)13-21(2)19(23)18(15-7-5-4-6-8-15)22-9-11-27(24,25)12-10-22/h4-8,14,18H,3,9-13H2,1-2H3. The van der Waals surface area contributed by atoms with Gasteiger partial charge in [-0.15, -0.1) is 11.3 Å². The number of hydrogen-bond donors (Lipinski definition) is 0. The van der Waals surface area contributed by atoms with Crippen molar-refractivity contribution in [3.05, 3.63) is 52.0 Å². The van der Waals surface area contributed by atoms with Crippen LogP contribution in [0.1, 0.15) is 29.2 Å². The molecule has 0 aliphatic carbocycles. The number of aryl methyl sites for hydroxylation is 1. The first-order valence-electron chi connectivity index (χ1n) is 9.07. The molecule has 2 aromatic rings. The van der Waals surface area contributed by atoms with Crippen LogP contribution < -0.4 is 0 Å². The van der Waals surface area contributed by atoms with Gasteiger partial charge in [-0.05, 0) is 12.0 Å². The summed E-state index contributed by atoms with van der Waals surface area (Å²) >= 11 is 1.61. The summed E-state index contributed by atoms with van der Waals surface area (Å²) in [5, 5.41) is 3.06. The second-order valence-electron chi connectivity index (χ2n) is 6.78. The second-order valence-corrected chi connectivity index (χ2v) is 10.0. The van der Waals surface area contributed by atoms with Gasteiger partial charge in [0.2, 0.25) is 5.91 Å². The van der Waals surface area contributed by atoms with E-state index in [1.165, 1.54) is 0 Å². The van der Waals surface area contributed by atoms with Gasteiger partial charge < -0.3 is 4.90 Å². The van der Waals surface area contributed by atoms with E-state index in [0.29, 0.717) is 19.6 Å². The minimum Gasteiger partial charge on any atom is -0.338 e. The van der Waals surface area contributed by atoms with Gasteiger partial charge in [-0.25, -0.2) is 13.4 Å². The summed E-state index contributed by atoms with van der Waals surface area (Å²) in [6.07, 6.45) is 0.886. The number of aromatic nitrogens is 1. The molecule has 1 saturated heterocycles. The SMILES string of the molecule is CCc1nc(CN(C)C(=O)C(c2ccccc2)N2CCS(=O)(=O)CC2)cs1. The van der Waals surface area contributed by atoms with Crippen LogP contribution in [0.5, 0.6) is 0 Å². The predicted molar refractivity (Wildman–Crippen MR) is 107 cm³/mol. The number of hydrogen-bond acceptors (Lipinski definition) is 6. The summed E-state index contributed by atoms with van der Waals surface area (Å²) in [6.45, 7) is 3.26. The van der Waals surface area contributed by atoms with Gasteiger partial charge in [0.05, 0.1) is 28.8 Å². The van der Waals surface area contributed by atoms with E-state index in [-0.39, 0.29) is 17.4 Å². The van der Waals surface area contributed by atoms with Crippen LogP contribution in [-0.4, -0.2) is 60.8 Å². The summed E-state index contributed by atoms with van der Waals surface area (Å²) in [7, 11) is -1.22. The maximum Gasteiger partial charge on any atom is 0.244 e. The second kappa shape index (κ2) is 8.50. The maximum atomic E-state index is 13.3. The molecule has 0 bridgehead atoms. The minimum absolute atomic E-state index is 0.0356. The lowest BCUT2D eigenvalue weighted by atomic mass is 10.0. The van der Waals surface area contributed by atoms with Crippen molar-refractivity contribution in [1.82, 2.24) is 14.8 Å². The lowest BCUT2D eigenvalue weighted by Crippen LogP contribution is -2.47. The number of benzene rings is 1. The highest BCUT2D eigenvalue weighted by Gasteiger charge is 2.34. The van der Waals surface area contributed by atoms with Crippen LogP contribution in [0.3, 0.4) is 0 Å². The molecule has 0 saturated carbocycles. The Morgan fingerprint density at radius 1 is 1.26 bits per heavy atom. The third-order valence-corrected chi connectivity index (χ3v) is 7.42. The predicted octanol–water partition coefficient (Wildman–Crippen LogP) is 2.14. The number of carbonyl (C=O) groups excluding carboxylic acids is 1. The number of carbonyl (C=O) groups is 1. The first-order chi connectivity index (χ1) is 12.9. The Labute approximate surface area is 164 Å². The zero-order chi connectivity index (χ0) is 19.4. The molecule has 0 spiro atoms. The third kappa shape index (κ3) is 4.94. The summed E-state index contributed by atoms with van der Waals surface area (Å²) in [6, 6.07) is 9.11. The Kier molecular flexibility index (Phi) is 6.29. The van der Waals surface area contributed by atoms with E-state index < -0.39 is 15.9 Å². The topological polar surface area (TPSA) is 70.6 Å². The molecule has 146 valence electrons. The van der Waals surface area contributed by atoms with Crippen molar-refractivity contribution in [3.8, 4) is 0 Å². The van der Waals surface area contributed by atoms with Crippen LogP contribution in [-0.2, 0) is 27.6 Å². The molecule has 1 aliphatic heterocycles. The number of sulfone groups is 1. The highest BCUT2D eigenvalue weighted by atomic mass is 32.2. The minimum atomic E-state index is -3.00. The van der Waals surface area contributed by atoms with Gasteiger partial charge in [0.25, 0.3) is 0 Å².